The molecule has 4 unspecified atom stereocenters. The maximum absolute atomic E-state index is 12.5. The smallest absolute Gasteiger partial charge is 0.313 e. The first-order valence-corrected chi connectivity index (χ1v) is 15.9. The first kappa shape index (κ1) is 29.8. The molecule has 41 heavy (non-hydrogen) atoms. The Labute approximate surface area is 249 Å². The molecule has 0 bridgehead atoms. The molecule has 8 nitrogen and oxygen atoms in total. The Kier molecular flexibility index (Phi) is 9.84. The molecule has 2 fully saturated rings. The second-order valence-electron chi connectivity index (χ2n) is 11.8. The molecule has 5 rings (SSSR count). The predicted octanol–water partition coefficient (Wildman–Crippen LogP) is 5.09. The lowest BCUT2D eigenvalue weighted by Crippen LogP contribution is -2.56. The maximum Gasteiger partial charge on any atom is 0.313 e. The number of nitrogens with zero attached hydrogens (tertiary/aromatic N) is 6. The number of amidine groups is 1. The molecule has 4 aliphatic heterocycles. The number of likely N-dealkylation sites (N-methyl/N-ethyl adjacent to an activating group) is 1. The molecule has 219 valence electrons. The van der Waals surface area contributed by atoms with Crippen LogP contribution >= 0.6 is 11.8 Å². The molecule has 9 heteroatoms. The molecule has 1 amide bonds. The summed E-state index contributed by atoms with van der Waals surface area (Å²) in [6, 6.07) is 11.7. The van der Waals surface area contributed by atoms with Gasteiger partial charge in [-0.3, -0.25) is 9.69 Å². The number of benzene rings is 1. The predicted molar refractivity (Wildman–Crippen MR) is 165 cm³/mol. The van der Waals surface area contributed by atoms with Gasteiger partial charge in [-0.1, -0.05) is 31.7 Å². The maximum atomic E-state index is 12.5. The van der Waals surface area contributed by atoms with Crippen molar-refractivity contribution in [1.29, 1.82) is 5.26 Å². The number of hydrogen-bond donors (Lipinski definition) is 0. The second kappa shape index (κ2) is 13.5. The number of ether oxygens (including phenoxy) is 1. The van der Waals surface area contributed by atoms with E-state index >= 15 is 0 Å². The van der Waals surface area contributed by atoms with Crippen molar-refractivity contribution in [2.75, 3.05) is 39.8 Å². The number of nitriles is 1. The average Bonchev–Trinajstić information content (AvgIpc) is 3.39. The molecule has 1 aromatic carbocycles. The molecule has 5 atom stereocenters. The van der Waals surface area contributed by atoms with Gasteiger partial charge in [-0.15, -0.1) is 11.8 Å². The van der Waals surface area contributed by atoms with Gasteiger partial charge in [0.15, 0.2) is 6.17 Å². The van der Waals surface area contributed by atoms with E-state index in [4.69, 9.17) is 14.7 Å². The molecule has 0 aromatic heterocycles. The zero-order valence-corrected chi connectivity index (χ0v) is 25.5. The Morgan fingerprint density at radius 3 is 2.80 bits per heavy atom. The quantitative estimate of drug-likeness (QED) is 0.402. The van der Waals surface area contributed by atoms with Gasteiger partial charge in [-0.25, -0.2) is 9.98 Å². The summed E-state index contributed by atoms with van der Waals surface area (Å²) in [4.78, 5) is 30.2. The lowest BCUT2D eigenvalue weighted by molar-refractivity contribution is -0.130. The average molecular weight is 576 g/mol. The van der Waals surface area contributed by atoms with Crippen LogP contribution in [0.4, 0.5) is 0 Å². The van der Waals surface area contributed by atoms with Gasteiger partial charge in [-0.2, -0.15) is 5.26 Å². The van der Waals surface area contributed by atoms with E-state index < -0.39 is 0 Å². The minimum absolute atomic E-state index is 0.0778. The van der Waals surface area contributed by atoms with Crippen LogP contribution in [0.15, 0.2) is 51.8 Å². The van der Waals surface area contributed by atoms with Crippen LogP contribution in [-0.2, 0) is 9.53 Å². The third-order valence-corrected chi connectivity index (χ3v) is 10.5. The Morgan fingerprint density at radius 2 is 2.05 bits per heavy atom. The standard InChI is InChI=1S/C32H43N6O2S/c1-5-30(39)38-18-17-37(20-24(38)14-15-33)31-28(13-12-26-19-22(2)27-10-6-7-11-29(27)41-26)23(3)34-32(35-31)40-21-25-9-8-16-36(25)4/h5-7,10-11,22,24-26,28H,1,8-9,12-14,16-21H2,2-4H3/t22?,24?,25?,26-,28?/m0/s1. The molecule has 4 aliphatic rings. The van der Waals surface area contributed by atoms with E-state index in [1.54, 1.807) is 4.90 Å². The van der Waals surface area contributed by atoms with Crippen molar-refractivity contribution in [3.8, 4) is 6.07 Å². The van der Waals surface area contributed by atoms with Gasteiger partial charge in [0.25, 0.3) is 0 Å². The number of rotatable bonds is 8. The van der Waals surface area contributed by atoms with Crippen LogP contribution in [0.25, 0.3) is 0 Å². The lowest BCUT2D eigenvalue weighted by Gasteiger charge is -2.44. The SMILES string of the molecule is C=CC(=O)N1CCN([C]2N=C(OCC3CCCN3C)N=C(C)C2CC[C@H]2CC(C)c3ccccc3S2)CC1CC#N. The van der Waals surface area contributed by atoms with E-state index in [2.05, 4.69) is 67.6 Å². The van der Waals surface area contributed by atoms with E-state index in [0.717, 1.165) is 37.7 Å². The fraction of sp³-hybridized carbons (Fsp3) is 0.594. The van der Waals surface area contributed by atoms with Crippen LogP contribution in [0.3, 0.4) is 0 Å². The molecule has 0 saturated carbocycles. The molecule has 0 spiro atoms. The molecular weight excluding hydrogens is 532 g/mol. The molecule has 0 aliphatic carbocycles. The number of carbonyl (C=O) groups excluding carboxylic acids is 1. The lowest BCUT2D eigenvalue weighted by atomic mass is 9.88. The fourth-order valence-electron chi connectivity index (χ4n) is 6.69. The summed E-state index contributed by atoms with van der Waals surface area (Å²) in [6.45, 7) is 11.5. The molecular formula is C32H43N6O2S. The van der Waals surface area contributed by atoms with E-state index in [1.165, 1.54) is 29.4 Å². The summed E-state index contributed by atoms with van der Waals surface area (Å²) < 4.78 is 6.21. The summed E-state index contributed by atoms with van der Waals surface area (Å²) in [5.41, 5.74) is 2.49. The monoisotopic (exact) mass is 575 g/mol. The number of amides is 1. The van der Waals surface area contributed by atoms with Crippen molar-refractivity contribution >= 4 is 29.4 Å². The first-order chi connectivity index (χ1) is 19.9. The summed E-state index contributed by atoms with van der Waals surface area (Å²) in [5.74, 6) is 0.509. The Morgan fingerprint density at radius 1 is 1.22 bits per heavy atom. The highest BCUT2D eigenvalue weighted by molar-refractivity contribution is 8.00. The highest BCUT2D eigenvalue weighted by Crippen LogP contribution is 2.44. The van der Waals surface area contributed by atoms with E-state index in [-0.39, 0.29) is 24.3 Å². The number of thioether (sulfide) groups is 1. The zero-order chi connectivity index (χ0) is 28.9. The van der Waals surface area contributed by atoms with Crippen LogP contribution in [0.1, 0.15) is 63.9 Å². The van der Waals surface area contributed by atoms with Gasteiger partial charge >= 0.3 is 6.02 Å². The van der Waals surface area contributed by atoms with E-state index in [1.807, 2.05) is 11.8 Å². The highest BCUT2D eigenvalue weighted by Gasteiger charge is 2.40. The van der Waals surface area contributed by atoms with Crippen LogP contribution < -0.4 is 0 Å². The molecule has 2 saturated heterocycles. The van der Waals surface area contributed by atoms with Crippen molar-refractivity contribution in [1.82, 2.24) is 14.7 Å². The number of fused-ring (bicyclic) bond motifs is 1. The largest absolute Gasteiger partial charge is 0.462 e. The van der Waals surface area contributed by atoms with Gasteiger partial charge in [0, 0.05) is 47.5 Å². The van der Waals surface area contributed by atoms with Gasteiger partial charge in [0.1, 0.15) is 6.61 Å². The third kappa shape index (κ3) is 6.87. The number of likely N-dealkylation sites (tertiary alicyclic amines) is 1. The van der Waals surface area contributed by atoms with Crippen molar-refractivity contribution in [2.45, 2.75) is 80.5 Å². The van der Waals surface area contributed by atoms with Crippen LogP contribution in [0.2, 0.25) is 0 Å². The summed E-state index contributed by atoms with van der Waals surface area (Å²) in [6.07, 6.45) is 8.09. The number of piperazine rings is 1. The third-order valence-electron chi connectivity index (χ3n) is 9.10. The minimum Gasteiger partial charge on any atom is -0.462 e. The summed E-state index contributed by atoms with van der Waals surface area (Å²) in [7, 11) is 2.15. The van der Waals surface area contributed by atoms with Crippen molar-refractivity contribution in [2.24, 2.45) is 15.9 Å². The summed E-state index contributed by atoms with van der Waals surface area (Å²) in [5, 5.41) is 10.1. The normalized spacial score (nSPS) is 29.3. The van der Waals surface area contributed by atoms with Gasteiger partial charge in [0.2, 0.25) is 5.91 Å². The van der Waals surface area contributed by atoms with Crippen molar-refractivity contribution in [3.63, 3.8) is 0 Å². The Hall–Kier alpha value is -2.67. The van der Waals surface area contributed by atoms with Crippen LogP contribution in [0.5, 0.6) is 0 Å². The van der Waals surface area contributed by atoms with Crippen LogP contribution in [-0.4, -0.2) is 89.5 Å². The molecule has 1 radical (unpaired) electrons. The summed E-state index contributed by atoms with van der Waals surface area (Å²) >= 11 is 2.01. The topological polar surface area (TPSA) is 84.5 Å². The second-order valence-corrected chi connectivity index (χ2v) is 13.2. The number of hydrogen-bond acceptors (Lipinski definition) is 8. The molecule has 0 N–H and O–H groups in total. The van der Waals surface area contributed by atoms with Crippen LogP contribution in [0, 0.1) is 23.4 Å². The Bertz CT molecular complexity index is 1210. The van der Waals surface area contributed by atoms with E-state index in [9.17, 15) is 10.1 Å². The number of carbonyl (C=O) groups is 1. The van der Waals surface area contributed by atoms with Gasteiger partial charge < -0.3 is 14.5 Å². The van der Waals surface area contributed by atoms with Gasteiger partial charge in [0.05, 0.1) is 18.5 Å². The highest BCUT2D eigenvalue weighted by atomic mass is 32.2. The molecule has 4 heterocycles. The van der Waals surface area contributed by atoms with E-state index in [0.29, 0.717) is 49.5 Å². The minimum atomic E-state index is -0.204. The molecule has 1 aromatic rings. The van der Waals surface area contributed by atoms with Crippen molar-refractivity contribution < 1.29 is 9.53 Å². The van der Waals surface area contributed by atoms with Crippen molar-refractivity contribution in [3.05, 3.63) is 48.6 Å². The number of aliphatic imine (C=N–C) groups is 2. The zero-order valence-electron chi connectivity index (χ0n) is 24.7. The Balaban J connectivity index is 1.32. The van der Waals surface area contributed by atoms with Gasteiger partial charge in [-0.05, 0) is 76.2 Å². The fourth-order valence-corrected chi connectivity index (χ4v) is 8.26. The first-order valence-electron chi connectivity index (χ1n) is 15.0.